The third-order valence-electron chi connectivity index (χ3n) is 5.22. The fraction of sp³-hybridized carbons (Fsp3) is 0.318. The molecule has 4 rings (SSSR count). The molecule has 1 aliphatic carbocycles. The van der Waals surface area contributed by atoms with Gasteiger partial charge in [0.1, 0.15) is 11.1 Å². The van der Waals surface area contributed by atoms with Crippen LogP contribution in [0.5, 0.6) is 0 Å². The lowest BCUT2D eigenvalue weighted by atomic mass is 9.89. The van der Waals surface area contributed by atoms with E-state index in [4.69, 9.17) is 0 Å². The van der Waals surface area contributed by atoms with Crippen LogP contribution >= 0.6 is 23.1 Å². The van der Waals surface area contributed by atoms with Gasteiger partial charge in [0, 0.05) is 11.9 Å². The Balaban J connectivity index is 1.43. The molecule has 29 heavy (non-hydrogen) atoms. The average Bonchev–Trinajstić information content (AvgIpc) is 3.26. The fourth-order valence-electron chi connectivity index (χ4n) is 3.65. The number of imidazole rings is 1. The minimum Gasteiger partial charge on any atom is -0.322 e. The summed E-state index contributed by atoms with van der Waals surface area (Å²) in [6, 6.07) is 12.4. The summed E-state index contributed by atoms with van der Waals surface area (Å²) in [7, 11) is 1.96. The number of thioether (sulfide) groups is 1. The lowest BCUT2D eigenvalue weighted by Gasteiger charge is -2.17. The number of fused-ring (bicyclic) bond motifs is 1. The number of carbonyl (C=O) groups excluding carboxylic acids is 1. The molecule has 1 amide bonds. The third-order valence-corrected chi connectivity index (χ3v) is 7.44. The molecule has 5 nitrogen and oxygen atoms in total. The van der Waals surface area contributed by atoms with Gasteiger partial charge in [-0.2, -0.15) is 5.26 Å². The van der Waals surface area contributed by atoms with Gasteiger partial charge in [0.25, 0.3) is 0 Å². The van der Waals surface area contributed by atoms with Gasteiger partial charge >= 0.3 is 0 Å². The second-order valence-electron chi connectivity index (χ2n) is 7.36. The second kappa shape index (κ2) is 8.44. The third kappa shape index (κ3) is 4.09. The number of thiophene rings is 1. The fourth-order valence-corrected chi connectivity index (χ4v) is 5.78. The van der Waals surface area contributed by atoms with Crippen LogP contribution in [0.15, 0.2) is 41.7 Å². The smallest absolute Gasteiger partial charge is 0.235 e. The summed E-state index contributed by atoms with van der Waals surface area (Å²) in [4.78, 5) is 18.3. The Kier molecular flexibility index (Phi) is 5.74. The molecule has 0 bridgehead atoms. The summed E-state index contributed by atoms with van der Waals surface area (Å²) in [5.41, 5.74) is 3.89. The first kappa shape index (κ1) is 19.7. The van der Waals surface area contributed by atoms with E-state index in [2.05, 4.69) is 23.3 Å². The van der Waals surface area contributed by atoms with E-state index in [0.717, 1.165) is 41.2 Å². The van der Waals surface area contributed by atoms with E-state index >= 15 is 0 Å². The minimum absolute atomic E-state index is 0.109. The standard InChI is InChI=1S/C22H22N4OS2/c1-14-8-9-16-17(11-23)21(29-19(16)10-14)25-20(27)13-28-22-24-12-18(26(22)2)15-6-4-3-5-7-15/h3-7,12,14H,8-10,13H2,1-2H3,(H,25,27). The van der Waals surface area contributed by atoms with Crippen LogP contribution in [0, 0.1) is 17.2 Å². The zero-order valence-electron chi connectivity index (χ0n) is 16.4. The summed E-state index contributed by atoms with van der Waals surface area (Å²) >= 11 is 2.96. The number of benzene rings is 1. The van der Waals surface area contributed by atoms with Gasteiger partial charge in [-0.1, -0.05) is 49.0 Å². The molecule has 7 heteroatoms. The van der Waals surface area contributed by atoms with Crippen molar-refractivity contribution in [2.45, 2.75) is 31.3 Å². The van der Waals surface area contributed by atoms with Crippen LogP contribution in [-0.4, -0.2) is 21.2 Å². The van der Waals surface area contributed by atoms with Crippen molar-refractivity contribution in [1.29, 1.82) is 5.26 Å². The van der Waals surface area contributed by atoms with Crippen molar-refractivity contribution in [3.8, 4) is 17.3 Å². The molecule has 1 aromatic carbocycles. The second-order valence-corrected chi connectivity index (χ2v) is 9.40. The average molecular weight is 423 g/mol. The SMILES string of the molecule is CC1CCc2c(sc(NC(=O)CSc3ncc(-c4ccccc4)n3C)c2C#N)C1. The molecule has 0 aliphatic heterocycles. The Bertz CT molecular complexity index is 1080. The van der Waals surface area contributed by atoms with Crippen molar-refractivity contribution in [3.63, 3.8) is 0 Å². The topological polar surface area (TPSA) is 70.7 Å². The normalized spacial score (nSPS) is 15.6. The van der Waals surface area contributed by atoms with E-state index in [1.54, 1.807) is 11.3 Å². The Labute approximate surface area is 178 Å². The van der Waals surface area contributed by atoms with Crippen molar-refractivity contribution in [1.82, 2.24) is 9.55 Å². The Morgan fingerprint density at radius 1 is 1.41 bits per heavy atom. The molecule has 148 valence electrons. The van der Waals surface area contributed by atoms with Gasteiger partial charge in [-0.15, -0.1) is 11.3 Å². The number of anilines is 1. The molecule has 1 N–H and O–H groups in total. The van der Waals surface area contributed by atoms with Crippen LogP contribution in [0.25, 0.3) is 11.3 Å². The Hall–Kier alpha value is -2.56. The molecule has 3 aromatic rings. The largest absolute Gasteiger partial charge is 0.322 e. The van der Waals surface area contributed by atoms with E-state index in [9.17, 15) is 10.1 Å². The van der Waals surface area contributed by atoms with Gasteiger partial charge in [-0.05, 0) is 36.3 Å². The highest BCUT2D eigenvalue weighted by Crippen LogP contribution is 2.39. The first-order valence-electron chi connectivity index (χ1n) is 9.61. The summed E-state index contributed by atoms with van der Waals surface area (Å²) < 4.78 is 2.00. The maximum absolute atomic E-state index is 12.5. The summed E-state index contributed by atoms with van der Waals surface area (Å²) in [6.45, 7) is 2.24. The number of aromatic nitrogens is 2. The Morgan fingerprint density at radius 3 is 2.97 bits per heavy atom. The van der Waals surface area contributed by atoms with Gasteiger partial charge < -0.3 is 9.88 Å². The lowest BCUT2D eigenvalue weighted by Crippen LogP contribution is -2.14. The van der Waals surface area contributed by atoms with Crippen molar-refractivity contribution >= 4 is 34.0 Å². The number of rotatable bonds is 5. The van der Waals surface area contributed by atoms with Crippen molar-refractivity contribution in [2.75, 3.05) is 11.1 Å². The summed E-state index contributed by atoms with van der Waals surface area (Å²) in [5.74, 6) is 0.777. The van der Waals surface area contributed by atoms with E-state index < -0.39 is 0 Å². The van der Waals surface area contributed by atoms with Crippen molar-refractivity contribution in [3.05, 3.63) is 52.5 Å². The molecule has 0 saturated heterocycles. The predicted octanol–water partition coefficient (Wildman–Crippen LogP) is 4.88. The first-order chi connectivity index (χ1) is 14.1. The molecule has 1 aliphatic rings. The first-order valence-corrected chi connectivity index (χ1v) is 11.4. The number of hydrogen-bond donors (Lipinski definition) is 1. The number of nitrogens with zero attached hydrogens (tertiary/aromatic N) is 3. The highest BCUT2D eigenvalue weighted by molar-refractivity contribution is 7.99. The van der Waals surface area contributed by atoms with Crippen LogP contribution in [0.1, 0.15) is 29.3 Å². The van der Waals surface area contributed by atoms with Crippen LogP contribution < -0.4 is 5.32 Å². The molecular formula is C22H22N4OS2. The monoisotopic (exact) mass is 422 g/mol. The number of hydrogen-bond acceptors (Lipinski definition) is 5. The van der Waals surface area contributed by atoms with Gasteiger partial charge in [0.2, 0.25) is 5.91 Å². The van der Waals surface area contributed by atoms with Gasteiger partial charge in [0.05, 0.1) is 23.2 Å². The Morgan fingerprint density at radius 2 is 2.21 bits per heavy atom. The lowest BCUT2D eigenvalue weighted by molar-refractivity contribution is -0.113. The van der Waals surface area contributed by atoms with Crippen molar-refractivity contribution < 1.29 is 4.79 Å². The minimum atomic E-state index is -0.109. The molecule has 2 heterocycles. The van der Waals surface area contributed by atoms with Gasteiger partial charge in [-0.3, -0.25) is 4.79 Å². The maximum atomic E-state index is 12.5. The molecule has 0 radical (unpaired) electrons. The van der Waals surface area contributed by atoms with Crippen LogP contribution in [-0.2, 0) is 24.7 Å². The van der Waals surface area contributed by atoms with E-state index in [1.807, 2.05) is 48.1 Å². The van der Waals surface area contributed by atoms with Crippen LogP contribution in [0.4, 0.5) is 5.00 Å². The van der Waals surface area contributed by atoms with E-state index in [-0.39, 0.29) is 11.7 Å². The van der Waals surface area contributed by atoms with E-state index in [1.165, 1.54) is 16.6 Å². The van der Waals surface area contributed by atoms with Gasteiger partial charge in [0.15, 0.2) is 5.16 Å². The molecule has 0 saturated carbocycles. The van der Waals surface area contributed by atoms with Crippen molar-refractivity contribution in [2.24, 2.45) is 13.0 Å². The number of amides is 1. The quantitative estimate of drug-likeness (QED) is 0.595. The van der Waals surface area contributed by atoms with Gasteiger partial charge in [-0.25, -0.2) is 4.98 Å². The molecule has 0 fully saturated rings. The number of nitriles is 1. The maximum Gasteiger partial charge on any atom is 0.235 e. The molecule has 0 spiro atoms. The van der Waals surface area contributed by atoms with E-state index in [0.29, 0.717) is 16.5 Å². The highest BCUT2D eigenvalue weighted by atomic mass is 32.2. The summed E-state index contributed by atoms with van der Waals surface area (Å²) in [6.07, 6.45) is 4.85. The predicted molar refractivity (Wildman–Crippen MR) is 118 cm³/mol. The van der Waals surface area contributed by atoms with Crippen LogP contribution in [0.2, 0.25) is 0 Å². The molecule has 1 atom stereocenters. The zero-order chi connectivity index (χ0) is 20.4. The molecule has 1 unspecified atom stereocenters. The number of carbonyl (C=O) groups is 1. The zero-order valence-corrected chi connectivity index (χ0v) is 18.1. The molecular weight excluding hydrogens is 400 g/mol. The highest BCUT2D eigenvalue weighted by Gasteiger charge is 2.24. The summed E-state index contributed by atoms with van der Waals surface area (Å²) in [5, 5.41) is 14.0. The molecule has 2 aromatic heterocycles. The van der Waals surface area contributed by atoms with Crippen LogP contribution in [0.3, 0.4) is 0 Å². The number of nitrogens with one attached hydrogen (secondary N) is 1.